The van der Waals surface area contributed by atoms with Crippen molar-refractivity contribution in [3.63, 3.8) is 0 Å². The summed E-state index contributed by atoms with van der Waals surface area (Å²) < 4.78 is 18.9. The fourth-order valence-electron chi connectivity index (χ4n) is 2.76. The first-order chi connectivity index (χ1) is 13.5. The summed E-state index contributed by atoms with van der Waals surface area (Å²) in [4.78, 5) is 15.8. The summed E-state index contributed by atoms with van der Waals surface area (Å²) in [7, 11) is 0. The molecule has 2 aromatic carbocycles. The van der Waals surface area contributed by atoms with Gasteiger partial charge in [0.25, 0.3) is 5.91 Å². The first-order valence-corrected chi connectivity index (χ1v) is 8.75. The van der Waals surface area contributed by atoms with Crippen molar-refractivity contribution in [2.45, 2.75) is 20.5 Å². The van der Waals surface area contributed by atoms with Gasteiger partial charge in [-0.15, -0.1) is 0 Å². The van der Waals surface area contributed by atoms with Crippen LogP contribution in [0.3, 0.4) is 0 Å². The normalized spacial score (nSPS) is 10.8. The van der Waals surface area contributed by atoms with Crippen LogP contribution >= 0.6 is 0 Å². The van der Waals surface area contributed by atoms with Gasteiger partial charge in [-0.25, -0.2) is 9.82 Å². The van der Waals surface area contributed by atoms with Crippen LogP contribution < -0.4 is 10.2 Å². The van der Waals surface area contributed by atoms with E-state index in [0.29, 0.717) is 12.2 Å². The molecule has 0 saturated heterocycles. The lowest BCUT2D eigenvalue weighted by atomic mass is 10.1. The summed E-state index contributed by atoms with van der Waals surface area (Å²) in [5.74, 6) is 0.212. The number of hydrogen-bond donors (Lipinski definition) is 1. The Balaban J connectivity index is 1.64. The lowest BCUT2D eigenvalue weighted by molar-refractivity contribution is 0.0955. The van der Waals surface area contributed by atoms with Crippen LogP contribution in [-0.4, -0.2) is 17.1 Å². The van der Waals surface area contributed by atoms with Gasteiger partial charge in [-0.2, -0.15) is 5.10 Å². The molecule has 3 rings (SSSR count). The second-order valence-corrected chi connectivity index (χ2v) is 6.33. The zero-order chi connectivity index (χ0) is 19.9. The Kier molecular flexibility index (Phi) is 6.11. The monoisotopic (exact) mass is 377 g/mol. The largest absolute Gasteiger partial charge is 0.488 e. The smallest absolute Gasteiger partial charge is 0.271 e. The number of pyridine rings is 1. The highest BCUT2D eigenvalue weighted by molar-refractivity contribution is 5.94. The molecule has 3 aromatic rings. The number of rotatable bonds is 6. The molecule has 1 N–H and O–H groups in total. The van der Waals surface area contributed by atoms with Gasteiger partial charge in [0.2, 0.25) is 0 Å². The van der Waals surface area contributed by atoms with Crippen molar-refractivity contribution < 1.29 is 13.9 Å². The molecular formula is C22H20FN3O2. The first kappa shape index (κ1) is 19.2. The lowest BCUT2D eigenvalue weighted by Crippen LogP contribution is -2.17. The van der Waals surface area contributed by atoms with E-state index in [4.69, 9.17) is 4.74 Å². The number of benzene rings is 2. The maximum absolute atomic E-state index is 13.0. The third-order valence-electron chi connectivity index (χ3n) is 4.10. The fourth-order valence-corrected chi connectivity index (χ4v) is 2.76. The third-order valence-corrected chi connectivity index (χ3v) is 4.10. The molecule has 0 aliphatic heterocycles. The fraction of sp³-hybridized carbons (Fsp3) is 0.136. The SMILES string of the molecule is Cc1cc(/C=N\NC(=O)c2ccncc2)cc(C)c1OCc1ccc(F)cc1. The Morgan fingerprint density at radius 2 is 1.75 bits per heavy atom. The van der Waals surface area contributed by atoms with Crippen molar-refractivity contribution in [3.8, 4) is 5.75 Å². The average Bonchev–Trinajstić information content (AvgIpc) is 2.69. The molecule has 0 atom stereocenters. The van der Waals surface area contributed by atoms with E-state index in [1.165, 1.54) is 12.1 Å². The van der Waals surface area contributed by atoms with E-state index in [1.807, 2.05) is 26.0 Å². The van der Waals surface area contributed by atoms with Crippen LogP contribution in [0, 0.1) is 19.7 Å². The molecule has 1 aromatic heterocycles. The number of amides is 1. The van der Waals surface area contributed by atoms with Gasteiger partial charge in [-0.1, -0.05) is 12.1 Å². The van der Waals surface area contributed by atoms with Gasteiger partial charge >= 0.3 is 0 Å². The van der Waals surface area contributed by atoms with E-state index in [9.17, 15) is 9.18 Å². The summed E-state index contributed by atoms with van der Waals surface area (Å²) in [5, 5.41) is 4.01. The van der Waals surface area contributed by atoms with Crippen molar-refractivity contribution >= 4 is 12.1 Å². The zero-order valence-electron chi connectivity index (χ0n) is 15.6. The number of ether oxygens (including phenoxy) is 1. The Bertz CT molecular complexity index is 963. The highest BCUT2D eigenvalue weighted by Crippen LogP contribution is 2.25. The van der Waals surface area contributed by atoms with Crippen LogP contribution in [0.5, 0.6) is 5.75 Å². The van der Waals surface area contributed by atoms with Gasteiger partial charge < -0.3 is 4.74 Å². The number of halogens is 1. The van der Waals surface area contributed by atoms with E-state index in [0.717, 1.165) is 28.0 Å². The second kappa shape index (κ2) is 8.90. The van der Waals surface area contributed by atoms with Gasteiger partial charge in [0.15, 0.2) is 0 Å². The van der Waals surface area contributed by atoms with Crippen LogP contribution in [0.25, 0.3) is 0 Å². The topological polar surface area (TPSA) is 63.6 Å². The van der Waals surface area contributed by atoms with Gasteiger partial charge in [0.05, 0.1) is 6.21 Å². The standard InChI is InChI=1S/C22H20FN3O2/c1-15-11-18(13-25-26-22(27)19-7-9-24-10-8-19)12-16(2)21(15)28-14-17-3-5-20(23)6-4-17/h3-13H,14H2,1-2H3,(H,26,27)/b25-13-. The summed E-state index contributed by atoms with van der Waals surface area (Å²) >= 11 is 0. The number of aromatic nitrogens is 1. The predicted octanol–water partition coefficient (Wildman–Crippen LogP) is 4.18. The maximum atomic E-state index is 13.0. The minimum Gasteiger partial charge on any atom is -0.488 e. The number of carbonyl (C=O) groups excluding carboxylic acids is 1. The van der Waals surface area contributed by atoms with E-state index in [-0.39, 0.29) is 11.7 Å². The van der Waals surface area contributed by atoms with Crippen molar-refractivity contribution in [2.24, 2.45) is 5.10 Å². The highest BCUT2D eigenvalue weighted by Gasteiger charge is 2.07. The minimum absolute atomic E-state index is 0.268. The molecule has 0 bridgehead atoms. The van der Waals surface area contributed by atoms with Gasteiger partial charge in [-0.05, 0) is 72.5 Å². The average molecular weight is 377 g/mol. The van der Waals surface area contributed by atoms with Crippen molar-refractivity contribution in [2.75, 3.05) is 0 Å². The second-order valence-electron chi connectivity index (χ2n) is 6.33. The molecule has 28 heavy (non-hydrogen) atoms. The first-order valence-electron chi connectivity index (χ1n) is 8.75. The number of hydrazone groups is 1. The highest BCUT2D eigenvalue weighted by atomic mass is 19.1. The third kappa shape index (κ3) is 5.01. The minimum atomic E-state index is -0.300. The number of hydrogen-bond acceptors (Lipinski definition) is 4. The van der Waals surface area contributed by atoms with Crippen LogP contribution in [-0.2, 0) is 6.61 Å². The van der Waals surface area contributed by atoms with E-state index in [2.05, 4.69) is 15.5 Å². The summed E-state index contributed by atoms with van der Waals surface area (Å²) in [6, 6.07) is 13.3. The number of carbonyl (C=O) groups is 1. The van der Waals surface area contributed by atoms with Crippen LogP contribution in [0.2, 0.25) is 0 Å². The van der Waals surface area contributed by atoms with Gasteiger partial charge in [0.1, 0.15) is 18.2 Å². The van der Waals surface area contributed by atoms with Gasteiger partial charge in [0, 0.05) is 18.0 Å². The summed E-state index contributed by atoms with van der Waals surface area (Å²) in [6.45, 7) is 4.25. The van der Waals surface area contributed by atoms with E-state index >= 15 is 0 Å². The van der Waals surface area contributed by atoms with Crippen LogP contribution in [0.15, 0.2) is 66.0 Å². The predicted molar refractivity (Wildman–Crippen MR) is 106 cm³/mol. The van der Waals surface area contributed by atoms with Crippen molar-refractivity contribution in [1.29, 1.82) is 0 Å². The molecule has 142 valence electrons. The molecule has 1 heterocycles. The number of aryl methyl sites for hydroxylation is 2. The number of nitrogens with zero attached hydrogens (tertiary/aromatic N) is 2. The Hall–Kier alpha value is -3.54. The molecule has 6 heteroatoms. The molecule has 0 unspecified atom stereocenters. The molecular weight excluding hydrogens is 357 g/mol. The molecule has 0 saturated carbocycles. The summed E-state index contributed by atoms with van der Waals surface area (Å²) in [6.07, 6.45) is 4.69. The molecule has 0 aliphatic rings. The molecule has 0 fully saturated rings. The maximum Gasteiger partial charge on any atom is 0.271 e. The zero-order valence-corrected chi connectivity index (χ0v) is 15.6. The summed E-state index contributed by atoms with van der Waals surface area (Å²) in [5.41, 5.74) is 6.62. The van der Waals surface area contributed by atoms with Crippen molar-refractivity contribution in [1.82, 2.24) is 10.4 Å². The van der Waals surface area contributed by atoms with Crippen LogP contribution in [0.4, 0.5) is 4.39 Å². The molecule has 0 spiro atoms. The van der Waals surface area contributed by atoms with Gasteiger partial charge in [-0.3, -0.25) is 9.78 Å². The van der Waals surface area contributed by atoms with E-state index < -0.39 is 0 Å². The van der Waals surface area contributed by atoms with E-state index in [1.54, 1.807) is 42.9 Å². The van der Waals surface area contributed by atoms with Crippen LogP contribution in [0.1, 0.15) is 32.6 Å². The molecule has 5 nitrogen and oxygen atoms in total. The molecule has 0 radical (unpaired) electrons. The Labute approximate surface area is 162 Å². The lowest BCUT2D eigenvalue weighted by Gasteiger charge is -2.13. The Morgan fingerprint density at radius 3 is 2.39 bits per heavy atom. The molecule has 1 amide bonds. The Morgan fingerprint density at radius 1 is 1.11 bits per heavy atom. The van der Waals surface area contributed by atoms with Crippen molar-refractivity contribution in [3.05, 3.63) is 94.6 Å². The quantitative estimate of drug-likeness (QED) is 0.518. The number of nitrogens with one attached hydrogen (secondary N) is 1. The molecule has 0 aliphatic carbocycles.